The summed E-state index contributed by atoms with van der Waals surface area (Å²) in [6.45, 7) is 0. The summed E-state index contributed by atoms with van der Waals surface area (Å²) in [5.41, 5.74) is 1.50. The number of fused-ring (bicyclic) bond motifs is 1. The third-order valence-electron chi connectivity index (χ3n) is 2.68. The third kappa shape index (κ3) is 2.04. The number of benzene rings is 1. The van der Waals surface area contributed by atoms with Gasteiger partial charge in [0.2, 0.25) is 5.75 Å². The molecule has 0 bridgehead atoms. The van der Waals surface area contributed by atoms with E-state index in [1.807, 2.05) is 18.2 Å². The van der Waals surface area contributed by atoms with Crippen LogP contribution in [0.3, 0.4) is 0 Å². The zero-order valence-electron chi connectivity index (χ0n) is 10.5. The molecule has 0 fully saturated rings. The number of methoxy groups -OCH3 is 3. The minimum absolute atomic E-state index is 0.355. The van der Waals surface area contributed by atoms with Crippen molar-refractivity contribution in [2.75, 3.05) is 21.3 Å². The van der Waals surface area contributed by atoms with Gasteiger partial charge in [-0.15, -0.1) is 11.6 Å². The Bertz CT molecular complexity index is 572. The lowest BCUT2D eigenvalue weighted by Gasteiger charge is -2.14. The molecule has 1 aromatic heterocycles. The summed E-state index contributed by atoms with van der Waals surface area (Å²) in [7, 11) is 4.73. The van der Waals surface area contributed by atoms with Crippen molar-refractivity contribution in [3.05, 3.63) is 23.9 Å². The fraction of sp³-hybridized carbons (Fsp3) is 0.308. The average molecular weight is 268 g/mol. The highest BCUT2D eigenvalue weighted by molar-refractivity contribution is 6.17. The first-order chi connectivity index (χ1) is 8.74. The van der Waals surface area contributed by atoms with E-state index in [0.717, 1.165) is 11.1 Å². The summed E-state index contributed by atoms with van der Waals surface area (Å²) in [6, 6.07) is 5.67. The molecule has 0 amide bonds. The van der Waals surface area contributed by atoms with Gasteiger partial charge in [-0.3, -0.25) is 0 Å². The van der Waals surface area contributed by atoms with E-state index in [9.17, 15) is 0 Å². The van der Waals surface area contributed by atoms with Gasteiger partial charge in [-0.05, 0) is 12.1 Å². The molecule has 4 nitrogen and oxygen atoms in total. The number of alkyl halides is 1. The molecule has 2 aromatic rings. The van der Waals surface area contributed by atoms with Crippen LogP contribution in [-0.4, -0.2) is 26.3 Å². The number of rotatable bonds is 4. The summed E-state index contributed by atoms with van der Waals surface area (Å²) in [4.78, 5) is 4.46. The van der Waals surface area contributed by atoms with Gasteiger partial charge in [-0.2, -0.15) is 0 Å². The van der Waals surface area contributed by atoms with Gasteiger partial charge in [0.15, 0.2) is 11.5 Å². The number of halogens is 1. The van der Waals surface area contributed by atoms with Crippen molar-refractivity contribution in [1.29, 1.82) is 0 Å². The van der Waals surface area contributed by atoms with Gasteiger partial charge in [0.1, 0.15) is 5.52 Å². The number of hydrogen-bond acceptors (Lipinski definition) is 4. The Hall–Kier alpha value is -1.68. The second-order valence-electron chi connectivity index (χ2n) is 3.65. The van der Waals surface area contributed by atoms with E-state index in [1.165, 1.54) is 0 Å². The minimum atomic E-state index is 0.355. The predicted molar refractivity (Wildman–Crippen MR) is 71.0 cm³/mol. The molecule has 0 aliphatic heterocycles. The lowest BCUT2D eigenvalue weighted by Crippen LogP contribution is -1.98. The van der Waals surface area contributed by atoms with Gasteiger partial charge < -0.3 is 14.2 Å². The van der Waals surface area contributed by atoms with Crippen molar-refractivity contribution in [1.82, 2.24) is 4.98 Å². The van der Waals surface area contributed by atoms with Crippen LogP contribution in [0.15, 0.2) is 18.2 Å². The Morgan fingerprint density at radius 1 is 1.06 bits per heavy atom. The number of nitrogens with zero attached hydrogens (tertiary/aromatic N) is 1. The van der Waals surface area contributed by atoms with Crippen LogP contribution in [0.25, 0.3) is 10.9 Å². The molecule has 0 radical (unpaired) electrons. The fourth-order valence-electron chi connectivity index (χ4n) is 1.84. The number of hydrogen-bond donors (Lipinski definition) is 0. The number of aromatic nitrogens is 1. The molecule has 0 spiro atoms. The van der Waals surface area contributed by atoms with Gasteiger partial charge in [-0.1, -0.05) is 6.07 Å². The quantitative estimate of drug-likeness (QED) is 0.799. The van der Waals surface area contributed by atoms with E-state index in [2.05, 4.69) is 4.98 Å². The Kier molecular flexibility index (Phi) is 3.77. The monoisotopic (exact) mass is 267 g/mol. The van der Waals surface area contributed by atoms with Crippen LogP contribution in [0.2, 0.25) is 0 Å². The molecule has 0 saturated heterocycles. The molecule has 0 aliphatic rings. The fourth-order valence-corrected chi connectivity index (χ4v) is 1.99. The second kappa shape index (κ2) is 5.31. The molecule has 0 unspecified atom stereocenters. The van der Waals surface area contributed by atoms with Crippen molar-refractivity contribution < 1.29 is 14.2 Å². The number of ether oxygens (including phenoxy) is 3. The molecular weight excluding hydrogens is 254 g/mol. The first kappa shape index (κ1) is 12.8. The number of pyridine rings is 1. The van der Waals surface area contributed by atoms with Crippen LogP contribution < -0.4 is 14.2 Å². The second-order valence-corrected chi connectivity index (χ2v) is 3.92. The van der Waals surface area contributed by atoms with Gasteiger partial charge in [0, 0.05) is 5.39 Å². The Balaban J connectivity index is 2.79. The van der Waals surface area contributed by atoms with Crippen LogP contribution in [-0.2, 0) is 5.88 Å². The molecule has 5 heteroatoms. The molecule has 0 saturated carbocycles. The Morgan fingerprint density at radius 3 is 2.33 bits per heavy atom. The molecule has 96 valence electrons. The maximum atomic E-state index is 5.80. The molecule has 18 heavy (non-hydrogen) atoms. The van der Waals surface area contributed by atoms with Crippen molar-refractivity contribution in [2.45, 2.75) is 5.88 Å². The zero-order chi connectivity index (χ0) is 13.1. The third-order valence-corrected chi connectivity index (χ3v) is 2.95. The summed E-state index contributed by atoms with van der Waals surface area (Å²) >= 11 is 5.80. The van der Waals surface area contributed by atoms with Gasteiger partial charge in [0.05, 0.1) is 32.9 Å². The predicted octanol–water partition coefficient (Wildman–Crippen LogP) is 3.00. The molecule has 2 rings (SSSR count). The van der Waals surface area contributed by atoms with E-state index in [1.54, 1.807) is 21.3 Å². The summed E-state index contributed by atoms with van der Waals surface area (Å²) < 4.78 is 16.0. The van der Waals surface area contributed by atoms with Crippen LogP contribution in [0, 0.1) is 0 Å². The Labute approximate surface area is 110 Å². The van der Waals surface area contributed by atoms with Crippen LogP contribution in [0.4, 0.5) is 0 Å². The highest BCUT2D eigenvalue weighted by atomic mass is 35.5. The minimum Gasteiger partial charge on any atom is -0.493 e. The van der Waals surface area contributed by atoms with E-state index in [4.69, 9.17) is 25.8 Å². The lowest BCUT2D eigenvalue weighted by atomic mass is 10.1. The lowest BCUT2D eigenvalue weighted by molar-refractivity contribution is 0.327. The summed E-state index contributed by atoms with van der Waals surface area (Å²) in [6.07, 6.45) is 0. The zero-order valence-corrected chi connectivity index (χ0v) is 11.2. The largest absolute Gasteiger partial charge is 0.493 e. The highest BCUT2D eigenvalue weighted by Gasteiger charge is 2.17. The molecule has 1 aromatic carbocycles. The van der Waals surface area contributed by atoms with Crippen molar-refractivity contribution in [3.63, 3.8) is 0 Å². The standard InChI is InChI=1S/C13H14ClNO3/c1-16-10-6-8-4-5-9(7-14)15-11(8)13(18-3)12(10)17-2/h4-6H,7H2,1-3H3. The molecular formula is C13H14ClNO3. The van der Waals surface area contributed by atoms with Crippen molar-refractivity contribution in [3.8, 4) is 17.2 Å². The van der Waals surface area contributed by atoms with Crippen molar-refractivity contribution >= 4 is 22.5 Å². The van der Waals surface area contributed by atoms with Gasteiger partial charge >= 0.3 is 0 Å². The van der Waals surface area contributed by atoms with Crippen LogP contribution >= 0.6 is 11.6 Å². The van der Waals surface area contributed by atoms with Crippen LogP contribution in [0.5, 0.6) is 17.2 Å². The van der Waals surface area contributed by atoms with E-state index < -0.39 is 0 Å². The van der Waals surface area contributed by atoms with Gasteiger partial charge in [-0.25, -0.2) is 4.98 Å². The SMILES string of the molecule is COc1cc2ccc(CCl)nc2c(OC)c1OC. The maximum Gasteiger partial charge on any atom is 0.205 e. The summed E-state index contributed by atoms with van der Waals surface area (Å²) in [5, 5.41) is 0.915. The van der Waals surface area contributed by atoms with Crippen molar-refractivity contribution in [2.24, 2.45) is 0 Å². The molecule has 0 N–H and O–H groups in total. The highest BCUT2D eigenvalue weighted by Crippen LogP contribution is 2.42. The average Bonchev–Trinajstić information content (AvgIpc) is 2.44. The topological polar surface area (TPSA) is 40.6 Å². The van der Waals surface area contributed by atoms with Gasteiger partial charge in [0.25, 0.3) is 0 Å². The van der Waals surface area contributed by atoms with Crippen LogP contribution in [0.1, 0.15) is 5.69 Å². The molecule has 0 atom stereocenters. The maximum absolute atomic E-state index is 5.80. The first-order valence-electron chi connectivity index (χ1n) is 5.39. The molecule has 0 aliphatic carbocycles. The van der Waals surface area contributed by atoms with E-state index >= 15 is 0 Å². The Morgan fingerprint density at radius 2 is 1.78 bits per heavy atom. The summed E-state index contributed by atoms with van der Waals surface area (Å²) in [5.74, 6) is 2.06. The first-order valence-corrected chi connectivity index (χ1v) is 5.93. The molecule has 1 heterocycles. The normalized spacial score (nSPS) is 10.4. The van der Waals surface area contributed by atoms with E-state index in [-0.39, 0.29) is 0 Å². The smallest absolute Gasteiger partial charge is 0.205 e. The van der Waals surface area contributed by atoms with E-state index in [0.29, 0.717) is 28.6 Å².